The molecule has 0 atom stereocenters. The van der Waals surface area contributed by atoms with Crippen LogP contribution in [0.3, 0.4) is 0 Å². The average molecular weight is 401 g/mol. The third-order valence-electron chi connectivity index (χ3n) is 5.61. The summed E-state index contributed by atoms with van der Waals surface area (Å²) < 4.78 is 5.81. The summed E-state index contributed by atoms with van der Waals surface area (Å²) in [6, 6.07) is 5.20. The van der Waals surface area contributed by atoms with E-state index in [0.717, 1.165) is 29.6 Å². The van der Waals surface area contributed by atoms with Crippen molar-refractivity contribution < 1.29 is 4.74 Å². The fraction of sp³-hybridized carbons (Fsp3) is 0.680. The van der Waals surface area contributed by atoms with Gasteiger partial charge in [0, 0.05) is 24.3 Å². The summed E-state index contributed by atoms with van der Waals surface area (Å²) in [7, 11) is 0. The standard InChI is InChI=1S/C25H40N2O2/c1-2-3-4-5-6-7-8-9-10-11-12-13-14-15-20-29-21-24-22-16-17-25(28)27-23(22)18-19-26-24/h16-19H,2-15,20-21H2,1H3,(H,27,28). The number of hydrogen-bond donors (Lipinski definition) is 1. The molecule has 0 bridgehead atoms. The van der Waals surface area contributed by atoms with Crippen LogP contribution in [0.25, 0.3) is 10.9 Å². The summed E-state index contributed by atoms with van der Waals surface area (Å²) in [5, 5.41) is 0.966. The van der Waals surface area contributed by atoms with Gasteiger partial charge in [-0.1, -0.05) is 90.4 Å². The van der Waals surface area contributed by atoms with Crippen LogP contribution in [-0.4, -0.2) is 16.6 Å². The van der Waals surface area contributed by atoms with E-state index in [2.05, 4.69) is 16.9 Å². The first-order valence-electron chi connectivity index (χ1n) is 11.9. The molecule has 2 aromatic rings. The molecule has 0 aliphatic heterocycles. The molecule has 0 aromatic carbocycles. The van der Waals surface area contributed by atoms with Crippen LogP contribution in [0.5, 0.6) is 0 Å². The molecule has 162 valence electrons. The number of hydrogen-bond acceptors (Lipinski definition) is 3. The van der Waals surface area contributed by atoms with Crippen LogP contribution in [0.4, 0.5) is 0 Å². The minimum Gasteiger partial charge on any atom is -0.375 e. The highest BCUT2D eigenvalue weighted by atomic mass is 16.5. The Kier molecular flexibility index (Phi) is 12.4. The average Bonchev–Trinajstić information content (AvgIpc) is 2.73. The lowest BCUT2D eigenvalue weighted by Gasteiger charge is -2.07. The molecule has 0 amide bonds. The van der Waals surface area contributed by atoms with Crippen molar-refractivity contribution in [1.82, 2.24) is 9.97 Å². The summed E-state index contributed by atoms with van der Waals surface area (Å²) in [5.74, 6) is 0. The van der Waals surface area contributed by atoms with E-state index in [1.54, 1.807) is 12.3 Å². The minimum atomic E-state index is -0.0852. The van der Waals surface area contributed by atoms with Crippen LogP contribution in [0.1, 0.15) is 103 Å². The predicted molar refractivity (Wildman–Crippen MR) is 122 cm³/mol. The number of rotatable bonds is 17. The maximum atomic E-state index is 11.4. The Bertz CT molecular complexity index is 726. The Labute approximate surface area is 176 Å². The topological polar surface area (TPSA) is 55.0 Å². The number of nitrogens with one attached hydrogen (secondary N) is 1. The van der Waals surface area contributed by atoms with Gasteiger partial charge in [0.15, 0.2) is 0 Å². The number of aromatic amines is 1. The molecule has 0 saturated carbocycles. The maximum Gasteiger partial charge on any atom is 0.248 e. The monoisotopic (exact) mass is 400 g/mol. The van der Waals surface area contributed by atoms with Crippen LogP contribution in [0.2, 0.25) is 0 Å². The van der Waals surface area contributed by atoms with Crippen molar-refractivity contribution in [2.45, 2.75) is 103 Å². The van der Waals surface area contributed by atoms with E-state index >= 15 is 0 Å². The maximum absolute atomic E-state index is 11.4. The van der Waals surface area contributed by atoms with Gasteiger partial charge in [-0.15, -0.1) is 0 Å². The highest BCUT2D eigenvalue weighted by Gasteiger charge is 2.03. The number of H-pyrrole nitrogens is 1. The smallest absolute Gasteiger partial charge is 0.248 e. The number of pyridine rings is 2. The van der Waals surface area contributed by atoms with E-state index in [1.165, 1.54) is 83.5 Å². The van der Waals surface area contributed by atoms with Gasteiger partial charge < -0.3 is 9.72 Å². The van der Waals surface area contributed by atoms with Crippen molar-refractivity contribution in [1.29, 1.82) is 0 Å². The number of fused-ring (bicyclic) bond motifs is 1. The van der Waals surface area contributed by atoms with E-state index < -0.39 is 0 Å². The van der Waals surface area contributed by atoms with Crippen molar-refractivity contribution in [3.05, 3.63) is 40.4 Å². The number of aromatic nitrogens is 2. The molecule has 2 aromatic heterocycles. The Balaban J connectivity index is 1.41. The van der Waals surface area contributed by atoms with E-state index in [1.807, 2.05) is 12.1 Å². The summed E-state index contributed by atoms with van der Waals surface area (Å²) in [6.45, 7) is 3.56. The Hall–Kier alpha value is -1.68. The van der Waals surface area contributed by atoms with E-state index in [9.17, 15) is 4.79 Å². The van der Waals surface area contributed by atoms with Crippen molar-refractivity contribution in [2.24, 2.45) is 0 Å². The first-order chi connectivity index (χ1) is 14.3. The molecule has 29 heavy (non-hydrogen) atoms. The van der Waals surface area contributed by atoms with E-state index in [-0.39, 0.29) is 5.56 Å². The lowest BCUT2D eigenvalue weighted by atomic mass is 10.0. The van der Waals surface area contributed by atoms with Gasteiger partial charge in [0.05, 0.1) is 17.8 Å². The van der Waals surface area contributed by atoms with Gasteiger partial charge in [-0.05, 0) is 18.6 Å². The zero-order chi connectivity index (χ0) is 20.6. The SMILES string of the molecule is CCCCCCCCCCCCCCCCOCc1nccc2[nH]c(=O)ccc12. The van der Waals surface area contributed by atoms with Crippen molar-refractivity contribution >= 4 is 10.9 Å². The van der Waals surface area contributed by atoms with E-state index in [4.69, 9.17) is 4.74 Å². The molecular formula is C25H40N2O2. The van der Waals surface area contributed by atoms with Crippen molar-refractivity contribution in [3.8, 4) is 0 Å². The second-order valence-corrected chi connectivity index (χ2v) is 8.19. The fourth-order valence-electron chi connectivity index (χ4n) is 3.83. The van der Waals surface area contributed by atoms with Gasteiger partial charge in [-0.25, -0.2) is 0 Å². The fourth-order valence-corrected chi connectivity index (χ4v) is 3.83. The zero-order valence-electron chi connectivity index (χ0n) is 18.4. The molecule has 0 aliphatic carbocycles. The third-order valence-corrected chi connectivity index (χ3v) is 5.61. The van der Waals surface area contributed by atoms with Crippen molar-refractivity contribution in [2.75, 3.05) is 6.61 Å². The van der Waals surface area contributed by atoms with Gasteiger partial charge in [0.25, 0.3) is 0 Å². The van der Waals surface area contributed by atoms with Crippen LogP contribution >= 0.6 is 0 Å². The molecule has 0 saturated heterocycles. The van der Waals surface area contributed by atoms with Gasteiger partial charge in [-0.3, -0.25) is 9.78 Å². The summed E-state index contributed by atoms with van der Waals surface area (Å²) in [6.07, 6.45) is 20.9. The van der Waals surface area contributed by atoms with Crippen LogP contribution in [-0.2, 0) is 11.3 Å². The molecule has 0 radical (unpaired) electrons. The van der Waals surface area contributed by atoms with Crippen LogP contribution < -0.4 is 5.56 Å². The van der Waals surface area contributed by atoms with Crippen molar-refractivity contribution in [3.63, 3.8) is 0 Å². The quantitative estimate of drug-likeness (QED) is 0.293. The molecular weight excluding hydrogens is 360 g/mol. The number of nitrogens with zero attached hydrogens (tertiary/aromatic N) is 1. The van der Waals surface area contributed by atoms with Gasteiger partial charge >= 0.3 is 0 Å². The van der Waals surface area contributed by atoms with Crippen LogP contribution in [0.15, 0.2) is 29.2 Å². The van der Waals surface area contributed by atoms with Crippen LogP contribution in [0, 0.1) is 0 Å². The highest BCUT2D eigenvalue weighted by Crippen LogP contribution is 2.15. The predicted octanol–water partition coefficient (Wildman–Crippen LogP) is 6.92. The Morgan fingerprint density at radius 1 is 0.793 bits per heavy atom. The third kappa shape index (κ3) is 10.1. The van der Waals surface area contributed by atoms with Gasteiger partial charge in [0.2, 0.25) is 5.56 Å². The highest BCUT2D eigenvalue weighted by molar-refractivity contribution is 5.80. The van der Waals surface area contributed by atoms with Gasteiger partial charge in [-0.2, -0.15) is 0 Å². The summed E-state index contributed by atoms with van der Waals surface area (Å²) in [4.78, 5) is 18.6. The lowest BCUT2D eigenvalue weighted by Crippen LogP contribution is -2.05. The minimum absolute atomic E-state index is 0.0852. The number of unbranched alkanes of at least 4 members (excludes halogenated alkanes) is 13. The second kappa shape index (κ2) is 15.2. The normalized spacial score (nSPS) is 11.3. The molecule has 2 heterocycles. The molecule has 1 N–H and O–H groups in total. The first kappa shape index (κ1) is 23.6. The molecule has 0 unspecified atom stereocenters. The summed E-state index contributed by atoms with van der Waals surface area (Å²) >= 11 is 0. The molecule has 4 nitrogen and oxygen atoms in total. The molecule has 2 rings (SSSR count). The molecule has 0 spiro atoms. The van der Waals surface area contributed by atoms with Gasteiger partial charge in [0.1, 0.15) is 0 Å². The Morgan fingerprint density at radius 3 is 2.00 bits per heavy atom. The second-order valence-electron chi connectivity index (χ2n) is 8.19. The van der Waals surface area contributed by atoms with E-state index in [0.29, 0.717) is 6.61 Å². The molecule has 0 aliphatic rings. The zero-order valence-corrected chi connectivity index (χ0v) is 18.4. The summed E-state index contributed by atoms with van der Waals surface area (Å²) in [5.41, 5.74) is 1.63. The molecule has 0 fully saturated rings. The molecule has 4 heteroatoms. The first-order valence-corrected chi connectivity index (χ1v) is 11.9. The lowest BCUT2D eigenvalue weighted by molar-refractivity contribution is 0.115. The number of ether oxygens (including phenoxy) is 1. The largest absolute Gasteiger partial charge is 0.375 e. The Morgan fingerprint density at radius 2 is 1.38 bits per heavy atom.